The van der Waals surface area contributed by atoms with Gasteiger partial charge >= 0.3 is 0 Å². The van der Waals surface area contributed by atoms with Crippen molar-refractivity contribution >= 4 is 17.2 Å². The van der Waals surface area contributed by atoms with Gasteiger partial charge in [-0.2, -0.15) is 0 Å². The summed E-state index contributed by atoms with van der Waals surface area (Å²) in [5, 5.41) is 0. The van der Waals surface area contributed by atoms with Crippen LogP contribution in [0, 0.1) is 6.92 Å². The van der Waals surface area contributed by atoms with E-state index >= 15 is 0 Å². The predicted octanol–water partition coefficient (Wildman–Crippen LogP) is 0.382. The minimum Gasteiger partial charge on any atom is -0.396 e. The molecule has 3 rings (SSSR count). The van der Waals surface area contributed by atoms with Gasteiger partial charge in [0.25, 0.3) is 5.56 Å². The molecule has 0 unspecified atom stereocenters. The van der Waals surface area contributed by atoms with Gasteiger partial charge < -0.3 is 20.5 Å². The molecule has 7 heteroatoms. The molecule has 1 aliphatic rings. The van der Waals surface area contributed by atoms with Crippen LogP contribution in [0.25, 0.3) is 0 Å². The average Bonchev–Trinajstić information content (AvgIpc) is 2.47. The Morgan fingerprint density at radius 3 is 2.62 bits per heavy atom. The zero-order chi connectivity index (χ0) is 14.8. The second-order valence-electron chi connectivity index (χ2n) is 5.10. The number of aromatic amines is 1. The van der Waals surface area contributed by atoms with Crippen LogP contribution in [0.15, 0.2) is 29.3 Å². The fourth-order valence-electron chi connectivity index (χ4n) is 2.59. The third kappa shape index (κ3) is 2.81. The number of nitrogens with one attached hydrogen (secondary N) is 1. The summed E-state index contributed by atoms with van der Waals surface area (Å²) < 4.78 is 0. The molecule has 2 aromatic rings. The number of aryl methyl sites for hydroxylation is 1. The molecule has 0 radical (unpaired) electrons. The van der Waals surface area contributed by atoms with Crippen molar-refractivity contribution < 1.29 is 0 Å². The number of aromatic nitrogens is 3. The number of rotatable bonds is 2. The fourth-order valence-corrected chi connectivity index (χ4v) is 2.59. The maximum atomic E-state index is 11.5. The smallest absolute Gasteiger partial charge is 0.252 e. The van der Waals surface area contributed by atoms with E-state index in [0.717, 1.165) is 37.7 Å². The van der Waals surface area contributed by atoms with Gasteiger partial charge in [-0.15, -0.1) is 0 Å². The van der Waals surface area contributed by atoms with Crippen molar-refractivity contribution in [2.75, 3.05) is 41.7 Å². The van der Waals surface area contributed by atoms with Gasteiger partial charge in [0.05, 0.1) is 17.6 Å². The fraction of sp³-hybridized carbons (Fsp3) is 0.357. The SMILES string of the molecule is Cc1nc(N2CCN(c3ccncc3N)CC2)cc(=O)[nH]1. The Hall–Kier alpha value is -2.57. The zero-order valence-electron chi connectivity index (χ0n) is 11.9. The highest BCUT2D eigenvalue weighted by atomic mass is 16.1. The van der Waals surface area contributed by atoms with Crippen molar-refractivity contribution in [1.82, 2.24) is 15.0 Å². The molecule has 2 aromatic heterocycles. The largest absolute Gasteiger partial charge is 0.396 e. The number of piperazine rings is 1. The molecular formula is C14H18N6O. The summed E-state index contributed by atoms with van der Waals surface area (Å²) in [4.78, 5) is 26.9. The predicted molar refractivity (Wildman–Crippen MR) is 82.7 cm³/mol. The summed E-state index contributed by atoms with van der Waals surface area (Å²) in [6.07, 6.45) is 3.42. The maximum Gasteiger partial charge on any atom is 0.252 e. The Bertz CT molecular complexity index is 690. The minimum absolute atomic E-state index is 0.113. The minimum atomic E-state index is -0.113. The van der Waals surface area contributed by atoms with E-state index in [1.807, 2.05) is 6.07 Å². The molecular weight excluding hydrogens is 268 g/mol. The van der Waals surface area contributed by atoms with E-state index in [1.165, 1.54) is 0 Å². The van der Waals surface area contributed by atoms with Gasteiger partial charge in [-0.25, -0.2) is 4.98 Å². The lowest BCUT2D eigenvalue weighted by Crippen LogP contribution is -2.47. The summed E-state index contributed by atoms with van der Waals surface area (Å²) in [6, 6.07) is 3.48. The van der Waals surface area contributed by atoms with E-state index in [4.69, 9.17) is 5.73 Å². The number of hydrogen-bond acceptors (Lipinski definition) is 6. The highest BCUT2D eigenvalue weighted by Gasteiger charge is 2.20. The van der Waals surface area contributed by atoms with Gasteiger partial charge in [0, 0.05) is 38.4 Å². The molecule has 0 aromatic carbocycles. The Morgan fingerprint density at radius 1 is 1.24 bits per heavy atom. The lowest BCUT2D eigenvalue weighted by molar-refractivity contribution is 0.645. The first-order valence-electron chi connectivity index (χ1n) is 6.91. The summed E-state index contributed by atoms with van der Waals surface area (Å²) in [5.41, 5.74) is 7.55. The second kappa shape index (κ2) is 5.43. The lowest BCUT2D eigenvalue weighted by atomic mass is 10.2. The van der Waals surface area contributed by atoms with Crippen LogP contribution in [0.2, 0.25) is 0 Å². The normalized spacial score (nSPS) is 15.3. The van der Waals surface area contributed by atoms with Crippen LogP contribution in [-0.4, -0.2) is 41.1 Å². The summed E-state index contributed by atoms with van der Waals surface area (Å²) in [7, 11) is 0. The van der Waals surface area contributed by atoms with E-state index < -0.39 is 0 Å². The summed E-state index contributed by atoms with van der Waals surface area (Å²) >= 11 is 0. The third-order valence-electron chi connectivity index (χ3n) is 3.62. The molecule has 0 aliphatic carbocycles. The third-order valence-corrected chi connectivity index (χ3v) is 3.62. The second-order valence-corrected chi connectivity index (χ2v) is 5.10. The van der Waals surface area contributed by atoms with E-state index in [9.17, 15) is 4.79 Å². The van der Waals surface area contributed by atoms with Crippen LogP contribution in [-0.2, 0) is 0 Å². The molecule has 1 aliphatic heterocycles. The molecule has 0 spiro atoms. The van der Waals surface area contributed by atoms with E-state index in [0.29, 0.717) is 11.5 Å². The molecule has 21 heavy (non-hydrogen) atoms. The first-order valence-corrected chi connectivity index (χ1v) is 6.91. The molecule has 0 bridgehead atoms. The van der Waals surface area contributed by atoms with E-state index in [1.54, 1.807) is 25.4 Å². The first-order chi connectivity index (χ1) is 10.1. The number of nitrogens with two attached hydrogens (primary N) is 1. The van der Waals surface area contributed by atoms with Crippen LogP contribution in [0.4, 0.5) is 17.2 Å². The molecule has 3 N–H and O–H groups in total. The van der Waals surface area contributed by atoms with Crippen molar-refractivity contribution in [3.05, 3.63) is 40.7 Å². The topological polar surface area (TPSA) is 91.1 Å². The summed E-state index contributed by atoms with van der Waals surface area (Å²) in [5.74, 6) is 1.37. The molecule has 0 amide bonds. The van der Waals surface area contributed by atoms with Gasteiger partial charge in [0.2, 0.25) is 0 Å². The number of hydrogen-bond donors (Lipinski definition) is 2. The molecule has 0 saturated carbocycles. The summed E-state index contributed by atoms with van der Waals surface area (Å²) in [6.45, 7) is 5.07. The standard InChI is InChI=1S/C14H18N6O/c1-10-17-13(8-14(21)18-10)20-6-4-19(5-7-20)12-2-3-16-9-11(12)15/h2-3,8-9H,4-7,15H2,1H3,(H,17,18,21). The number of nitrogen functional groups attached to an aromatic ring is 1. The van der Waals surface area contributed by atoms with Gasteiger partial charge in [-0.3, -0.25) is 9.78 Å². The Morgan fingerprint density at radius 2 is 1.95 bits per heavy atom. The van der Waals surface area contributed by atoms with Crippen LogP contribution < -0.4 is 21.1 Å². The van der Waals surface area contributed by atoms with Gasteiger partial charge in [0.15, 0.2) is 0 Å². The van der Waals surface area contributed by atoms with Crippen molar-refractivity contribution in [2.45, 2.75) is 6.92 Å². The Labute approximate surface area is 122 Å². The van der Waals surface area contributed by atoms with Crippen molar-refractivity contribution in [2.24, 2.45) is 0 Å². The zero-order valence-corrected chi connectivity index (χ0v) is 11.9. The number of H-pyrrole nitrogens is 1. The Kier molecular flexibility index (Phi) is 3.47. The highest BCUT2D eigenvalue weighted by Crippen LogP contribution is 2.23. The monoisotopic (exact) mass is 286 g/mol. The van der Waals surface area contributed by atoms with Crippen molar-refractivity contribution in [3.63, 3.8) is 0 Å². The molecule has 1 fully saturated rings. The van der Waals surface area contributed by atoms with Gasteiger partial charge in [-0.05, 0) is 13.0 Å². The van der Waals surface area contributed by atoms with Crippen LogP contribution in [0.1, 0.15) is 5.82 Å². The quantitative estimate of drug-likeness (QED) is 0.829. The molecule has 110 valence electrons. The van der Waals surface area contributed by atoms with Crippen molar-refractivity contribution in [3.8, 4) is 0 Å². The lowest BCUT2D eigenvalue weighted by Gasteiger charge is -2.37. The highest BCUT2D eigenvalue weighted by molar-refractivity contribution is 5.66. The molecule has 7 nitrogen and oxygen atoms in total. The molecule has 3 heterocycles. The van der Waals surface area contributed by atoms with Gasteiger partial charge in [-0.1, -0.05) is 0 Å². The van der Waals surface area contributed by atoms with Crippen LogP contribution in [0.5, 0.6) is 0 Å². The molecule has 1 saturated heterocycles. The van der Waals surface area contributed by atoms with Crippen molar-refractivity contribution in [1.29, 1.82) is 0 Å². The Balaban J connectivity index is 1.73. The van der Waals surface area contributed by atoms with Crippen LogP contribution in [0.3, 0.4) is 0 Å². The average molecular weight is 286 g/mol. The van der Waals surface area contributed by atoms with Gasteiger partial charge in [0.1, 0.15) is 11.6 Å². The molecule has 0 atom stereocenters. The van der Waals surface area contributed by atoms with E-state index in [2.05, 4.69) is 24.8 Å². The maximum absolute atomic E-state index is 11.5. The number of anilines is 3. The number of pyridine rings is 1. The van der Waals surface area contributed by atoms with E-state index in [-0.39, 0.29) is 5.56 Å². The first kappa shape index (κ1) is 13.4. The van der Waals surface area contributed by atoms with Crippen LogP contribution >= 0.6 is 0 Å². The number of nitrogens with zero attached hydrogens (tertiary/aromatic N) is 4.